The summed E-state index contributed by atoms with van der Waals surface area (Å²) in [4.78, 5) is 23.2. The highest BCUT2D eigenvalue weighted by Crippen LogP contribution is 2.18. The van der Waals surface area contributed by atoms with Gasteiger partial charge < -0.3 is 16.0 Å². The fourth-order valence-corrected chi connectivity index (χ4v) is 1.55. The molecule has 0 spiro atoms. The Morgan fingerprint density at radius 3 is 2.63 bits per heavy atom. The van der Waals surface area contributed by atoms with Crippen molar-refractivity contribution in [2.45, 2.75) is 13.3 Å². The minimum atomic E-state index is -0.509. The van der Waals surface area contributed by atoms with Gasteiger partial charge in [0.25, 0.3) is 5.91 Å². The summed E-state index contributed by atoms with van der Waals surface area (Å²) < 4.78 is 13.5. The molecule has 0 saturated heterocycles. The van der Waals surface area contributed by atoms with Crippen molar-refractivity contribution in [1.82, 2.24) is 10.6 Å². The van der Waals surface area contributed by atoms with Gasteiger partial charge in [0.05, 0.1) is 17.8 Å². The molecule has 0 heterocycles. The first-order chi connectivity index (χ1) is 9.10. The Kier molecular flexibility index (Phi) is 5.78. The molecule has 0 saturated carbocycles. The van der Waals surface area contributed by atoms with Gasteiger partial charge in [-0.1, -0.05) is 13.0 Å². The molecule has 5 nitrogen and oxygen atoms in total. The van der Waals surface area contributed by atoms with Crippen LogP contribution in [0.5, 0.6) is 0 Å². The fraction of sp³-hybridized carbons (Fsp3) is 0.385. The minimum Gasteiger partial charge on any atom is -0.385 e. The molecule has 19 heavy (non-hydrogen) atoms. The van der Waals surface area contributed by atoms with Crippen molar-refractivity contribution in [3.05, 3.63) is 29.6 Å². The van der Waals surface area contributed by atoms with E-state index in [1.54, 1.807) is 0 Å². The lowest BCUT2D eigenvalue weighted by Crippen LogP contribution is -2.37. The van der Waals surface area contributed by atoms with Crippen LogP contribution in [0.1, 0.15) is 23.7 Å². The van der Waals surface area contributed by atoms with Crippen molar-refractivity contribution in [2.75, 3.05) is 25.5 Å². The van der Waals surface area contributed by atoms with E-state index in [1.165, 1.54) is 25.2 Å². The van der Waals surface area contributed by atoms with Crippen molar-refractivity contribution >= 4 is 17.5 Å². The zero-order valence-electron chi connectivity index (χ0n) is 11.0. The maximum Gasteiger partial charge on any atom is 0.253 e. The van der Waals surface area contributed by atoms with E-state index in [2.05, 4.69) is 16.0 Å². The van der Waals surface area contributed by atoms with E-state index in [1.807, 2.05) is 6.92 Å². The van der Waals surface area contributed by atoms with Crippen molar-refractivity contribution in [2.24, 2.45) is 0 Å². The van der Waals surface area contributed by atoms with Gasteiger partial charge in [-0.05, 0) is 18.6 Å². The van der Waals surface area contributed by atoms with Crippen LogP contribution in [0, 0.1) is 5.82 Å². The van der Waals surface area contributed by atoms with Gasteiger partial charge in [0, 0.05) is 13.6 Å². The molecular weight excluding hydrogens is 249 g/mol. The summed E-state index contributed by atoms with van der Waals surface area (Å²) in [7, 11) is 1.53. The van der Waals surface area contributed by atoms with Crippen molar-refractivity contribution in [3.63, 3.8) is 0 Å². The van der Waals surface area contributed by atoms with E-state index in [0.717, 1.165) is 6.42 Å². The molecule has 2 amide bonds. The van der Waals surface area contributed by atoms with Gasteiger partial charge in [-0.2, -0.15) is 0 Å². The smallest absolute Gasteiger partial charge is 0.253 e. The molecule has 1 aromatic carbocycles. The number of carbonyl (C=O) groups is 2. The lowest BCUT2D eigenvalue weighted by molar-refractivity contribution is -0.120. The predicted octanol–water partition coefficient (Wildman–Crippen LogP) is 1.12. The largest absolute Gasteiger partial charge is 0.385 e. The highest BCUT2D eigenvalue weighted by molar-refractivity contribution is 6.01. The number of benzene rings is 1. The van der Waals surface area contributed by atoms with Crippen LogP contribution in [-0.4, -0.2) is 32.0 Å². The molecule has 1 rings (SSSR count). The summed E-state index contributed by atoms with van der Waals surface area (Å²) in [6, 6.07) is 4.20. The average Bonchev–Trinajstić information content (AvgIpc) is 2.42. The number of hydrogen-bond acceptors (Lipinski definition) is 3. The molecule has 6 heteroatoms. The normalized spacial score (nSPS) is 9.84. The monoisotopic (exact) mass is 267 g/mol. The number of carbonyl (C=O) groups excluding carboxylic acids is 2. The molecule has 0 aliphatic heterocycles. The van der Waals surface area contributed by atoms with Crippen molar-refractivity contribution in [1.29, 1.82) is 0 Å². The fourth-order valence-electron chi connectivity index (χ4n) is 1.55. The quantitative estimate of drug-likeness (QED) is 0.723. The number of para-hydroxylation sites is 1. The second kappa shape index (κ2) is 7.35. The standard InChI is InChI=1S/C13H18FN3O2/c1-3-7-16-11(18)8-17-13(19)9-5-4-6-10(14)12(9)15-2/h4-6,15H,3,7-8H2,1-2H3,(H,16,18)(H,17,19). The Balaban J connectivity index is 2.64. The van der Waals surface area contributed by atoms with E-state index in [-0.39, 0.29) is 23.7 Å². The predicted molar refractivity (Wildman–Crippen MR) is 71.6 cm³/mol. The first-order valence-corrected chi connectivity index (χ1v) is 6.11. The van der Waals surface area contributed by atoms with Gasteiger partial charge in [-0.15, -0.1) is 0 Å². The van der Waals surface area contributed by atoms with Crippen LogP contribution in [0.25, 0.3) is 0 Å². The number of anilines is 1. The van der Waals surface area contributed by atoms with E-state index in [4.69, 9.17) is 0 Å². The molecule has 0 unspecified atom stereocenters. The van der Waals surface area contributed by atoms with Crippen LogP contribution in [0.2, 0.25) is 0 Å². The van der Waals surface area contributed by atoms with E-state index in [9.17, 15) is 14.0 Å². The van der Waals surface area contributed by atoms with E-state index in [0.29, 0.717) is 6.54 Å². The molecular formula is C13H18FN3O2. The van der Waals surface area contributed by atoms with Crippen LogP contribution in [0.15, 0.2) is 18.2 Å². The Hall–Kier alpha value is -2.11. The van der Waals surface area contributed by atoms with E-state index >= 15 is 0 Å². The zero-order valence-corrected chi connectivity index (χ0v) is 11.0. The third-order valence-electron chi connectivity index (χ3n) is 2.49. The van der Waals surface area contributed by atoms with Gasteiger partial charge in [0.2, 0.25) is 5.91 Å². The highest BCUT2D eigenvalue weighted by atomic mass is 19.1. The maximum atomic E-state index is 13.5. The molecule has 1 aromatic rings. The number of nitrogens with one attached hydrogen (secondary N) is 3. The Labute approximate surface area is 111 Å². The second-order valence-corrected chi connectivity index (χ2v) is 3.95. The Bertz CT molecular complexity index is 463. The van der Waals surface area contributed by atoms with E-state index < -0.39 is 11.7 Å². The van der Waals surface area contributed by atoms with Gasteiger partial charge in [-0.25, -0.2) is 4.39 Å². The maximum absolute atomic E-state index is 13.5. The summed E-state index contributed by atoms with van der Waals surface area (Å²) in [5.74, 6) is -1.27. The molecule has 0 aromatic heterocycles. The zero-order chi connectivity index (χ0) is 14.3. The number of amides is 2. The topological polar surface area (TPSA) is 70.2 Å². The molecule has 3 N–H and O–H groups in total. The van der Waals surface area contributed by atoms with Crippen LogP contribution < -0.4 is 16.0 Å². The summed E-state index contributed by atoms with van der Waals surface area (Å²) in [5, 5.41) is 7.72. The molecule has 0 bridgehead atoms. The lowest BCUT2D eigenvalue weighted by Gasteiger charge is -2.10. The summed E-state index contributed by atoms with van der Waals surface area (Å²) in [5.41, 5.74) is 0.291. The number of halogens is 1. The van der Waals surface area contributed by atoms with Gasteiger partial charge in [-0.3, -0.25) is 9.59 Å². The summed E-state index contributed by atoms with van der Waals surface area (Å²) >= 11 is 0. The van der Waals surface area contributed by atoms with Crippen molar-refractivity contribution in [3.8, 4) is 0 Å². The molecule has 0 fully saturated rings. The molecule has 0 radical (unpaired) electrons. The third-order valence-corrected chi connectivity index (χ3v) is 2.49. The Morgan fingerprint density at radius 2 is 2.00 bits per heavy atom. The van der Waals surface area contributed by atoms with Crippen LogP contribution in [-0.2, 0) is 4.79 Å². The molecule has 0 aliphatic rings. The first kappa shape index (κ1) is 14.9. The van der Waals surface area contributed by atoms with Crippen LogP contribution >= 0.6 is 0 Å². The summed E-state index contributed by atoms with van der Waals surface area (Å²) in [6.45, 7) is 2.37. The van der Waals surface area contributed by atoms with Crippen molar-refractivity contribution < 1.29 is 14.0 Å². The van der Waals surface area contributed by atoms with Crippen LogP contribution in [0.4, 0.5) is 10.1 Å². The van der Waals surface area contributed by atoms with Gasteiger partial charge in [0.15, 0.2) is 0 Å². The van der Waals surface area contributed by atoms with Gasteiger partial charge in [0.1, 0.15) is 5.82 Å². The number of hydrogen-bond donors (Lipinski definition) is 3. The third kappa shape index (κ3) is 4.24. The molecule has 0 atom stereocenters. The SMILES string of the molecule is CCCNC(=O)CNC(=O)c1cccc(F)c1NC. The minimum absolute atomic E-state index is 0.119. The molecule has 104 valence electrons. The number of rotatable bonds is 6. The summed E-state index contributed by atoms with van der Waals surface area (Å²) in [6.07, 6.45) is 0.827. The average molecular weight is 267 g/mol. The first-order valence-electron chi connectivity index (χ1n) is 6.11. The molecule has 0 aliphatic carbocycles. The second-order valence-electron chi connectivity index (χ2n) is 3.95. The van der Waals surface area contributed by atoms with Gasteiger partial charge >= 0.3 is 0 Å². The van der Waals surface area contributed by atoms with Crippen LogP contribution in [0.3, 0.4) is 0 Å². The Morgan fingerprint density at radius 1 is 1.26 bits per heavy atom. The lowest BCUT2D eigenvalue weighted by atomic mass is 10.1. The highest BCUT2D eigenvalue weighted by Gasteiger charge is 2.14.